The lowest BCUT2D eigenvalue weighted by Gasteiger charge is -2.20. The molecule has 2 N–H and O–H groups in total. The molecule has 2 aromatic rings. The van der Waals surface area contributed by atoms with Crippen molar-refractivity contribution >= 4 is 11.8 Å². The monoisotopic (exact) mass is 348 g/mol. The Morgan fingerprint density at radius 2 is 1.36 bits per heavy atom. The number of amides is 2. The Hall–Kier alpha value is -2.94. The number of nitrogens with one attached hydrogen (secondary N) is 2. The molecule has 0 radical (unpaired) electrons. The van der Waals surface area contributed by atoms with Crippen molar-refractivity contribution in [1.29, 1.82) is 0 Å². The molecule has 130 valence electrons. The lowest BCUT2D eigenvalue weighted by atomic mass is 10.1. The van der Waals surface area contributed by atoms with Crippen LogP contribution in [0.4, 0.5) is 8.78 Å². The fourth-order valence-electron chi connectivity index (χ4n) is 2.45. The van der Waals surface area contributed by atoms with Gasteiger partial charge in [0.15, 0.2) is 11.6 Å². The molecule has 3 heterocycles. The summed E-state index contributed by atoms with van der Waals surface area (Å²) in [6, 6.07) is 1.35. The highest BCUT2D eigenvalue weighted by atomic mass is 19.1. The average Bonchev–Trinajstić information content (AvgIpc) is 3.02. The zero-order valence-electron chi connectivity index (χ0n) is 12.9. The molecule has 9 heteroatoms. The Labute approximate surface area is 141 Å². The summed E-state index contributed by atoms with van der Waals surface area (Å²) in [5.74, 6) is -2.80. The van der Waals surface area contributed by atoms with E-state index in [2.05, 4.69) is 20.6 Å². The van der Waals surface area contributed by atoms with Gasteiger partial charge in [-0.2, -0.15) is 0 Å². The number of aromatic nitrogens is 2. The van der Waals surface area contributed by atoms with E-state index in [1.807, 2.05) is 0 Å². The van der Waals surface area contributed by atoms with E-state index in [0.29, 0.717) is 0 Å². The Morgan fingerprint density at radius 3 is 1.76 bits per heavy atom. The molecule has 2 amide bonds. The molecule has 1 aliphatic heterocycles. The second-order valence-corrected chi connectivity index (χ2v) is 5.41. The van der Waals surface area contributed by atoms with Crippen LogP contribution in [0.2, 0.25) is 0 Å². The maximum absolute atomic E-state index is 13.6. The van der Waals surface area contributed by atoms with Gasteiger partial charge in [0.05, 0.1) is 48.8 Å². The standard InChI is InChI=1S/C16H14F2N4O3/c17-11-5-19-3-1-9(11)15(23)21-13-7-25-8-14(13)22-16(24)10-2-4-20-6-12(10)18/h1-6,13-14H,7-8H2,(H,21,23)(H,22,24)/t13-,14+. The van der Waals surface area contributed by atoms with Gasteiger partial charge in [-0.05, 0) is 12.1 Å². The number of pyridine rings is 2. The fourth-order valence-corrected chi connectivity index (χ4v) is 2.45. The van der Waals surface area contributed by atoms with E-state index < -0.39 is 35.5 Å². The minimum Gasteiger partial charge on any atom is -0.377 e. The minimum atomic E-state index is -0.752. The maximum Gasteiger partial charge on any atom is 0.254 e. The Balaban J connectivity index is 1.67. The summed E-state index contributed by atoms with van der Waals surface area (Å²) in [4.78, 5) is 31.5. The van der Waals surface area contributed by atoms with Crippen LogP contribution in [-0.2, 0) is 4.74 Å². The minimum absolute atomic E-state index is 0.141. The van der Waals surface area contributed by atoms with Gasteiger partial charge in [-0.25, -0.2) is 8.78 Å². The number of ether oxygens (including phenoxy) is 1. The summed E-state index contributed by atoms with van der Waals surface area (Å²) in [6.07, 6.45) is 4.47. The van der Waals surface area contributed by atoms with Gasteiger partial charge in [-0.1, -0.05) is 0 Å². The van der Waals surface area contributed by atoms with E-state index in [1.54, 1.807) is 0 Å². The molecule has 0 unspecified atom stereocenters. The second kappa shape index (κ2) is 7.31. The normalized spacial score (nSPS) is 19.4. The molecule has 25 heavy (non-hydrogen) atoms. The molecule has 0 saturated carbocycles. The van der Waals surface area contributed by atoms with Gasteiger partial charge in [-0.15, -0.1) is 0 Å². The number of carbonyl (C=O) groups excluding carboxylic acids is 2. The van der Waals surface area contributed by atoms with Crippen molar-refractivity contribution in [3.05, 3.63) is 59.7 Å². The van der Waals surface area contributed by atoms with E-state index >= 15 is 0 Å². The van der Waals surface area contributed by atoms with Crippen LogP contribution in [0.15, 0.2) is 36.9 Å². The first-order chi connectivity index (χ1) is 12.1. The number of nitrogens with zero attached hydrogens (tertiary/aromatic N) is 2. The van der Waals surface area contributed by atoms with Crippen molar-refractivity contribution in [2.75, 3.05) is 13.2 Å². The second-order valence-electron chi connectivity index (χ2n) is 5.41. The molecule has 1 fully saturated rings. The van der Waals surface area contributed by atoms with Crippen LogP contribution >= 0.6 is 0 Å². The Kier molecular flexibility index (Phi) is 4.94. The molecule has 0 aromatic carbocycles. The number of hydrogen-bond acceptors (Lipinski definition) is 5. The molecule has 1 saturated heterocycles. The molecule has 7 nitrogen and oxygen atoms in total. The predicted molar refractivity (Wildman–Crippen MR) is 81.7 cm³/mol. The number of hydrogen-bond donors (Lipinski definition) is 2. The van der Waals surface area contributed by atoms with Crippen LogP contribution in [0.1, 0.15) is 20.7 Å². The van der Waals surface area contributed by atoms with E-state index in [0.717, 1.165) is 12.4 Å². The van der Waals surface area contributed by atoms with Crippen LogP contribution < -0.4 is 10.6 Å². The molecule has 2 aromatic heterocycles. The van der Waals surface area contributed by atoms with E-state index in [1.165, 1.54) is 24.5 Å². The van der Waals surface area contributed by atoms with Crippen LogP contribution in [-0.4, -0.2) is 47.1 Å². The molecule has 0 aliphatic carbocycles. The van der Waals surface area contributed by atoms with Crippen LogP contribution in [0.5, 0.6) is 0 Å². The highest BCUT2D eigenvalue weighted by Gasteiger charge is 2.32. The van der Waals surface area contributed by atoms with Crippen LogP contribution in [0.25, 0.3) is 0 Å². The first-order valence-corrected chi connectivity index (χ1v) is 7.44. The molecular weight excluding hydrogens is 334 g/mol. The molecular formula is C16H14F2N4O3. The lowest BCUT2D eigenvalue weighted by molar-refractivity contribution is 0.0892. The van der Waals surface area contributed by atoms with Crippen molar-refractivity contribution in [1.82, 2.24) is 20.6 Å². The Bertz CT molecular complexity index is 737. The van der Waals surface area contributed by atoms with Crippen LogP contribution in [0, 0.1) is 11.6 Å². The van der Waals surface area contributed by atoms with E-state index in [4.69, 9.17) is 4.74 Å². The highest BCUT2D eigenvalue weighted by Crippen LogP contribution is 2.11. The van der Waals surface area contributed by atoms with Gasteiger partial charge >= 0.3 is 0 Å². The molecule has 2 atom stereocenters. The van der Waals surface area contributed by atoms with Gasteiger partial charge < -0.3 is 15.4 Å². The molecule has 1 aliphatic rings. The first-order valence-electron chi connectivity index (χ1n) is 7.44. The van der Waals surface area contributed by atoms with Crippen molar-refractivity contribution in [3.63, 3.8) is 0 Å². The quantitative estimate of drug-likeness (QED) is 0.848. The van der Waals surface area contributed by atoms with Crippen molar-refractivity contribution in [2.24, 2.45) is 0 Å². The predicted octanol–water partition coefficient (Wildman–Crippen LogP) is 0.682. The van der Waals surface area contributed by atoms with Gasteiger partial charge in [0.25, 0.3) is 11.8 Å². The molecule has 3 rings (SSSR count). The zero-order chi connectivity index (χ0) is 17.8. The lowest BCUT2D eigenvalue weighted by Crippen LogP contribution is -2.51. The van der Waals surface area contributed by atoms with E-state index in [-0.39, 0.29) is 24.3 Å². The van der Waals surface area contributed by atoms with Gasteiger partial charge in [-0.3, -0.25) is 19.6 Å². The van der Waals surface area contributed by atoms with Crippen molar-refractivity contribution < 1.29 is 23.1 Å². The average molecular weight is 348 g/mol. The van der Waals surface area contributed by atoms with Crippen molar-refractivity contribution in [2.45, 2.75) is 12.1 Å². The molecule has 0 bridgehead atoms. The molecule has 0 spiro atoms. The largest absolute Gasteiger partial charge is 0.377 e. The zero-order valence-corrected chi connectivity index (χ0v) is 12.9. The fraction of sp³-hybridized carbons (Fsp3) is 0.250. The smallest absolute Gasteiger partial charge is 0.254 e. The van der Waals surface area contributed by atoms with Gasteiger partial charge in [0.2, 0.25) is 0 Å². The number of rotatable bonds is 4. The topological polar surface area (TPSA) is 93.2 Å². The summed E-state index contributed by atoms with van der Waals surface area (Å²) < 4.78 is 32.5. The van der Waals surface area contributed by atoms with Crippen LogP contribution in [0.3, 0.4) is 0 Å². The first kappa shape index (κ1) is 16.9. The summed E-state index contributed by atoms with van der Waals surface area (Å²) >= 11 is 0. The Morgan fingerprint density at radius 1 is 0.920 bits per heavy atom. The van der Waals surface area contributed by atoms with Gasteiger partial charge in [0.1, 0.15) is 0 Å². The summed E-state index contributed by atoms with van der Waals surface area (Å²) in [5, 5.41) is 5.21. The maximum atomic E-state index is 13.6. The number of halogens is 2. The summed E-state index contributed by atoms with van der Waals surface area (Å²) in [6.45, 7) is 0.282. The number of carbonyl (C=O) groups is 2. The SMILES string of the molecule is O=C(N[C@H]1COC[C@H]1NC(=O)c1ccncc1F)c1ccncc1F. The highest BCUT2D eigenvalue weighted by molar-refractivity contribution is 5.95. The van der Waals surface area contributed by atoms with Gasteiger partial charge in [0, 0.05) is 12.4 Å². The summed E-state index contributed by atoms with van der Waals surface area (Å²) in [7, 11) is 0. The summed E-state index contributed by atoms with van der Waals surface area (Å²) in [5.41, 5.74) is -0.320. The third-order valence-electron chi connectivity index (χ3n) is 3.75. The third kappa shape index (κ3) is 3.77. The third-order valence-corrected chi connectivity index (χ3v) is 3.75. The van der Waals surface area contributed by atoms with E-state index in [9.17, 15) is 18.4 Å². The van der Waals surface area contributed by atoms with Crippen molar-refractivity contribution in [3.8, 4) is 0 Å².